The predicted octanol–water partition coefficient (Wildman–Crippen LogP) is 2.97. The molecule has 2 fully saturated rings. The number of nitrogens with zero attached hydrogens (tertiary/aromatic N) is 1. The first kappa shape index (κ1) is 18.0. The Morgan fingerprint density at radius 2 is 2.11 bits per heavy atom. The number of esters is 1. The number of rotatable bonds is 6. The molecule has 144 valence electrons. The first-order chi connectivity index (χ1) is 13.1. The third kappa shape index (κ3) is 3.46. The zero-order valence-electron chi connectivity index (χ0n) is 16.1. The van der Waals surface area contributed by atoms with E-state index in [4.69, 9.17) is 19.2 Å². The molecule has 4 rings (SSSR count). The maximum absolute atomic E-state index is 11.8. The van der Waals surface area contributed by atoms with Crippen molar-refractivity contribution in [3.8, 4) is 11.5 Å². The molecule has 0 spiro atoms. The molecule has 27 heavy (non-hydrogen) atoms. The van der Waals surface area contributed by atoms with Gasteiger partial charge < -0.3 is 19.5 Å². The number of fused-ring (bicyclic) bond motifs is 1. The van der Waals surface area contributed by atoms with Gasteiger partial charge >= 0.3 is 5.97 Å². The molecule has 2 unspecified atom stereocenters. The molecule has 1 saturated carbocycles. The largest absolute Gasteiger partial charge is 0.497 e. The molecule has 0 bridgehead atoms. The second-order valence-electron chi connectivity index (χ2n) is 7.28. The molecule has 6 nitrogen and oxygen atoms in total. The quantitative estimate of drug-likeness (QED) is 0.789. The van der Waals surface area contributed by atoms with Gasteiger partial charge in [0, 0.05) is 29.8 Å². The van der Waals surface area contributed by atoms with Gasteiger partial charge in [0.05, 0.1) is 25.4 Å². The van der Waals surface area contributed by atoms with Crippen LogP contribution in [0.4, 0.5) is 0 Å². The first-order valence-corrected chi connectivity index (χ1v) is 9.63. The number of carbonyl (C=O) groups is 1. The number of benzene rings is 1. The number of aryl methyl sites for hydroxylation is 1. The maximum Gasteiger partial charge on any atom is 0.323 e. The molecule has 1 aromatic heterocycles. The molecular formula is C21H26N2O4. The maximum atomic E-state index is 11.8. The van der Waals surface area contributed by atoms with Crippen molar-refractivity contribution in [1.29, 1.82) is 0 Å². The highest BCUT2D eigenvalue weighted by Gasteiger charge is 2.35. The standard InChI is InChI=1S/C21H26N2O4/c1-4-15-16-9-13(25-2)7-8-17(16)23-19(12-5-6-12)20(15)27-14-10-18(22-11-14)21(24)26-3/h7-9,12,14,18,22H,4-6,10-11H2,1-3H3. The molecule has 1 aliphatic heterocycles. The van der Waals surface area contributed by atoms with Crippen molar-refractivity contribution in [2.45, 2.75) is 50.7 Å². The average molecular weight is 370 g/mol. The molecule has 2 aromatic rings. The summed E-state index contributed by atoms with van der Waals surface area (Å²) in [5.74, 6) is 1.96. The zero-order valence-corrected chi connectivity index (χ0v) is 16.1. The minimum Gasteiger partial charge on any atom is -0.497 e. The first-order valence-electron chi connectivity index (χ1n) is 9.63. The van der Waals surface area contributed by atoms with Crippen LogP contribution in [-0.2, 0) is 16.0 Å². The van der Waals surface area contributed by atoms with Crippen molar-refractivity contribution in [2.75, 3.05) is 20.8 Å². The Balaban J connectivity index is 1.72. The van der Waals surface area contributed by atoms with Crippen molar-refractivity contribution in [2.24, 2.45) is 0 Å². The van der Waals surface area contributed by atoms with Gasteiger partial charge in [-0.15, -0.1) is 0 Å². The number of aromatic nitrogens is 1. The van der Waals surface area contributed by atoms with E-state index in [0.29, 0.717) is 18.9 Å². The van der Waals surface area contributed by atoms with Gasteiger partial charge in [-0.3, -0.25) is 4.79 Å². The lowest BCUT2D eigenvalue weighted by Gasteiger charge is -2.21. The lowest BCUT2D eigenvalue weighted by Crippen LogP contribution is -2.31. The second kappa shape index (κ2) is 7.35. The van der Waals surface area contributed by atoms with Gasteiger partial charge in [0.1, 0.15) is 23.6 Å². The third-order valence-electron chi connectivity index (χ3n) is 5.45. The number of carbonyl (C=O) groups excluding carboxylic acids is 1. The SMILES string of the molecule is CCc1c(OC2CNC(C(=O)OC)C2)c(C2CC2)nc2ccc(OC)cc12. The van der Waals surface area contributed by atoms with Gasteiger partial charge in [0.2, 0.25) is 0 Å². The van der Waals surface area contributed by atoms with Crippen molar-refractivity contribution >= 4 is 16.9 Å². The zero-order chi connectivity index (χ0) is 19.0. The molecule has 6 heteroatoms. The van der Waals surface area contributed by atoms with Crippen LogP contribution in [-0.4, -0.2) is 43.9 Å². The van der Waals surface area contributed by atoms with Crippen LogP contribution in [0.1, 0.15) is 43.4 Å². The lowest BCUT2D eigenvalue weighted by molar-refractivity contribution is -0.142. The molecule has 0 radical (unpaired) electrons. The van der Waals surface area contributed by atoms with Gasteiger partial charge in [-0.05, 0) is 37.5 Å². The van der Waals surface area contributed by atoms with Crippen LogP contribution in [0.2, 0.25) is 0 Å². The van der Waals surface area contributed by atoms with E-state index in [1.165, 1.54) is 12.7 Å². The summed E-state index contributed by atoms with van der Waals surface area (Å²) in [5.41, 5.74) is 3.22. The summed E-state index contributed by atoms with van der Waals surface area (Å²) in [7, 11) is 3.09. The van der Waals surface area contributed by atoms with Crippen LogP contribution in [0.5, 0.6) is 11.5 Å². The van der Waals surface area contributed by atoms with Crippen molar-refractivity contribution in [3.63, 3.8) is 0 Å². The Hall–Kier alpha value is -2.34. The van der Waals surface area contributed by atoms with E-state index in [2.05, 4.69) is 12.2 Å². The van der Waals surface area contributed by atoms with Crippen LogP contribution in [0.3, 0.4) is 0 Å². The van der Waals surface area contributed by atoms with Crippen LogP contribution in [0, 0.1) is 0 Å². The van der Waals surface area contributed by atoms with Crippen LogP contribution in [0.15, 0.2) is 18.2 Å². The molecule has 2 atom stereocenters. The third-order valence-corrected chi connectivity index (χ3v) is 5.45. The van der Waals surface area contributed by atoms with Gasteiger partial charge in [0.25, 0.3) is 0 Å². The number of methoxy groups -OCH3 is 2. The summed E-state index contributed by atoms with van der Waals surface area (Å²) in [5, 5.41) is 4.27. The highest BCUT2D eigenvalue weighted by atomic mass is 16.5. The topological polar surface area (TPSA) is 69.7 Å². The van der Waals surface area contributed by atoms with Gasteiger partial charge in [-0.2, -0.15) is 0 Å². The highest BCUT2D eigenvalue weighted by Crippen LogP contribution is 2.46. The van der Waals surface area contributed by atoms with E-state index in [9.17, 15) is 4.79 Å². The fourth-order valence-corrected chi connectivity index (χ4v) is 3.84. The highest BCUT2D eigenvalue weighted by molar-refractivity contribution is 5.86. The van der Waals surface area contributed by atoms with E-state index in [0.717, 1.165) is 47.4 Å². The van der Waals surface area contributed by atoms with Gasteiger partial charge in [-0.1, -0.05) is 6.92 Å². The van der Waals surface area contributed by atoms with E-state index in [1.807, 2.05) is 18.2 Å². The van der Waals surface area contributed by atoms with E-state index >= 15 is 0 Å². The summed E-state index contributed by atoms with van der Waals surface area (Å²) < 4.78 is 16.7. The normalized spacial score (nSPS) is 22.0. The number of pyridine rings is 1. The molecule has 1 aromatic carbocycles. The lowest BCUT2D eigenvalue weighted by atomic mass is 10.0. The minimum absolute atomic E-state index is 0.0678. The molecular weight excluding hydrogens is 344 g/mol. The van der Waals surface area contributed by atoms with E-state index in [-0.39, 0.29) is 18.1 Å². The molecule has 1 saturated heterocycles. The Kier molecular flexibility index (Phi) is 4.91. The number of ether oxygens (including phenoxy) is 3. The fraction of sp³-hybridized carbons (Fsp3) is 0.524. The minimum atomic E-state index is -0.303. The van der Waals surface area contributed by atoms with E-state index in [1.54, 1.807) is 7.11 Å². The van der Waals surface area contributed by atoms with Crippen molar-refractivity contribution < 1.29 is 19.0 Å². The number of nitrogens with one attached hydrogen (secondary N) is 1. The Bertz CT molecular complexity index is 863. The van der Waals surface area contributed by atoms with Crippen LogP contribution >= 0.6 is 0 Å². The van der Waals surface area contributed by atoms with Crippen molar-refractivity contribution in [1.82, 2.24) is 10.3 Å². The molecule has 2 heterocycles. The number of hydrogen-bond donors (Lipinski definition) is 1. The van der Waals surface area contributed by atoms with Crippen LogP contribution in [0.25, 0.3) is 10.9 Å². The summed E-state index contributed by atoms with van der Waals surface area (Å²) in [6.45, 7) is 2.77. The Labute approximate surface area is 159 Å². The predicted molar refractivity (Wildman–Crippen MR) is 102 cm³/mol. The molecule has 1 aliphatic carbocycles. The Morgan fingerprint density at radius 3 is 2.78 bits per heavy atom. The van der Waals surface area contributed by atoms with Gasteiger partial charge in [0.15, 0.2) is 0 Å². The second-order valence-corrected chi connectivity index (χ2v) is 7.28. The molecule has 0 amide bonds. The van der Waals surface area contributed by atoms with Gasteiger partial charge in [-0.25, -0.2) is 4.98 Å². The summed E-state index contributed by atoms with van der Waals surface area (Å²) in [6.07, 6.45) is 3.70. The average Bonchev–Trinajstić information content (AvgIpc) is 3.44. The summed E-state index contributed by atoms with van der Waals surface area (Å²) in [6, 6.07) is 5.71. The Morgan fingerprint density at radius 1 is 1.30 bits per heavy atom. The monoisotopic (exact) mass is 370 g/mol. The van der Waals surface area contributed by atoms with Crippen molar-refractivity contribution in [3.05, 3.63) is 29.5 Å². The molecule has 2 aliphatic rings. The smallest absolute Gasteiger partial charge is 0.323 e. The van der Waals surface area contributed by atoms with Crippen LogP contribution < -0.4 is 14.8 Å². The number of hydrogen-bond acceptors (Lipinski definition) is 6. The molecule has 1 N–H and O–H groups in total. The fourth-order valence-electron chi connectivity index (χ4n) is 3.84. The summed E-state index contributed by atoms with van der Waals surface area (Å²) >= 11 is 0. The summed E-state index contributed by atoms with van der Waals surface area (Å²) in [4.78, 5) is 16.7. The van der Waals surface area contributed by atoms with E-state index < -0.39 is 0 Å².